The van der Waals surface area contributed by atoms with Crippen molar-refractivity contribution >= 4 is 23.9 Å². The second-order valence-corrected chi connectivity index (χ2v) is 14.6. The molecule has 0 heterocycles. The van der Waals surface area contributed by atoms with E-state index in [1.54, 1.807) is 20.8 Å². The second-order valence-electron chi connectivity index (χ2n) is 14.6. The highest BCUT2D eigenvalue weighted by Gasteiger charge is 2.39. The molecule has 0 saturated carbocycles. The molecule has 5 aromatic carbocycles. The molecule has 5 aromatic rings. The number of amides is 3. The lowest BCUT2D eigenvalue weighted by Crippen LogP contribution is -2.53. The highest BCUT2D eigenvalue weighted by atomic mass is 16.6. The van der Waals surface area contributed by atoms with E-state index in [1.165, 1.54) is 0 Å². The van der Waals surface area contributed by atoms with Gasteiger partial charge in [0.15, 0.2) is 0 Å². The molecule has 0 unspecified atom stereocenters. The first-order chi connectivity index (χ1) is 26.5. The van der Waals surface area contributed by atoms with Crippen molar-refractivity contribution in [3.05, 3.63) is 167 Å². The van der Waals surface area contributed by atoms with Crippen LogP contribution >= 0.6 is 0 Å². The van der Waals surface area contributed by atoms with Crippen molar-refractivity contribution in [1.29, 1.82) is 0 Å². The number of hydrogen-bond donors (Lipinski definition) is 3. The lowest BCUT2D eigenvalue weighted by molar-refractivity contribution is -0.155. The molecular formula is C46H47N3O6. The minimum absolute atomic E-state index is 0.0371. The molecule has 9 nitrogen and oxygen atoms in total. The van der Waals surface area contributed by atoms with E-state index in [4.69, 9.17) is 9.47 Å². The van der Waals surface area contributed by atoms with Crippen LogP contribution in [0.2, 0.25) is 0 Å². The van der Waals surface area contributed by atoms with Gasteiger partial charge in [0.05, 0.1) is 6.42 Å². The highest BCUT2D eigenvalue weighted by molar-refractivity contribution is 5.91. The number of esters is 1. The molecule has 1 aliphatic rings. The summed E-state index contributed by atoms with van der Waals surface area (Å²) in [5.41, 5.74) is 4.97. The molecule has 1 aliphatic carbocycles. The van der Waals surface area contributed by atoms with Crippen LogP contribution in [-0.4, -0.2) is 48.7 Å². The number of alkyl carbamates (subject to hydrolysis) is 1. The van der Waals surface area contributed by atoms with Crippen molar-refractivity contribution in [2.24, 2.45) is 0 Å². The highest BCUT2D eigenvalue weighted by Crippen LogP contribution is 2.44. The summed E-state index contributed by atoms with van der Waals surface area (Å²) in [7, 11) is 0. The number of rotatable bonds is 14. The molecule has 0 saturated heterocycles. The van der Waals surface area contributed by atoms with Crippen molar-refractivity contribution in [2.45, 2.75) is 63.1 Å². The zero-order valence-electron chi connectivity index (χ0n) is 31.4. The number of carbonyl (C=O) groups excluding carboxylic acids is 4. The van der Waals surface area contributed by atoms with Crippen LogP contribution in [0.1, 0.15) is 73.8 Å². The molecule has 3 amide bonds. The zero-order valence-corrected chi connectivity index (χ0v) is 31.4. The normalized spacial score (nSPS) is 12.8. The van der Waals surface area contributed by atoms with Crippen LogP contribution in [0.3, 0.4) is 0 Å². The third-order valence-electron chi connectivity index (χ3n) is 9.57. The van der Waals surface area contributed by atoms with Crippen LogP contribution in [-0.2, 0) is 29.4 Å². The average Bonchev–Trinajstić information content (AvgIpc) is 3.51. The molecule has 55 heavy (non-hydrogen) atoms. The third-order valence-corrected chi connectivity index (χ3v) is 9.57. The predicted octanol–water partition coefficient (Wildman–Crippen LogP) is 7.63. The minimum atomic E-state index is -1.29. The Labute approximate surface area is 322 Å². The summed E-state index contributed by atoms with van der Waals surface area (Å²) < 4.78 is 11.2. The molecule has 0 spiro atoms. The van der Waals surface area contributed by atoms with Crippen molar-refractivity contribution in [3.8, 4) is 11.1 Å². The van der Waals surface area contributed by atoms with Gasteiger partial charge in [-0.1, -0.05) is 140 Å². The van der Waals surface area contributed by atoms with Gasteiger partial charge in [0, 0.05) is 18.9 Å². The Morgan fingerprint density at radius 1 is 0.655 bits per heavy atom. The van der Waals surface area contributed by atoms with Gasteiger partial charge in [0.1, 0.15) is 23.8 Å². The van der Waals surface area contributed by atoms with Gasteiger partial charge in [-0.3, -0.25) is 14.4 Å². The number of benzene rings is 5. The fraction of sp³-hybridized carbons (Fsp3) is 0.261. The van der Waals surface area contributed by atoms with E-state index >= 15 is 0 Å². The van der Waals surface area contributed by atoms with E-state index in [0.29, 0.717) is 6.42 Å². The molecule has 0 bridgehead atoms. The van der Waals surface area contributed by atoms with E-state index in [0.717, 1.165) is 38.9 Å². The van der Waals surface area contributed by atoms with Gasteiger partial charge in [-0.05, 0) is 66.1 Å². The van der Waals surface area contributed by atoms with Crippen molar-refractivity contribution in [3.63, 3.8) is 0 Å². The van der Waals surface area contributed by atoms with E-state index in [1.807, 2.05) is 127 Å². The van der Waals surface area contributed by atoms with Crippen LogP contribution in [0, 0.1) is 0 Å². The third kappa shape index (κ3) is 9.30. The number of hydrogen-bond acceptors (Lipinski definition) is 6. The molecule has 1 atom stereocenters. The number of fused-ring (bicyclic) bond motifs is 3. The average molecular weight is 738 g/mol. The molecular weight excluding hydrogens is 691 g/mol. The summed E-state index contributed by atoms with van der Waals surface area (Å²) in [6.45, 7) is 5.54. The molecule has 0 aliphatic heterocycles. The van der Waals surface area contributed by atoms with Gasteiger partial charge in [-0.2, -0.15) is 0 Å². The summed E-state index contributed by atoms with van der Waals surface area (Å²) in [6, 6.07) is 43.6. The van der Waals surface area contributed by atoms with Crippen molar-refractivity contribution in [2.75, 3.05) is 13.2 Å². The predicted molar refractivity (Wildman–Crippen MR) is 212 cm³/mol. The Kier molecular flexibility index (Phi) is 12.1. The molecule has 0 aromatic heterocycles. The summed E-state index contributed by atoms with van der Waals surface area (Å²) >= 11 is 0. The first-order valence-corrected chi connectivity index (χ1v) is 18.6. The largest absolute Gasteiger partial charge is 0.460 e. The lowest BCUT2D eigenvalue weighted by atomic mass is 9.77. The number of ether oxygens (including phenoxy) is 2. The number of nitrogens with one attached hydrogen (secondary N) is 3. The maximum Gasteiger partial charge on any atom is 0.407 e. The Bertz CT molecular complexity index is 1950. The SMILES string of the molecule is CC(C)(C)OC(=O)CCCNC(=O)[C@H](CC(=O)NC(c1ccccc1)(c1ccccc1)c1ccccc1)NC(=O)OCC1c2ccccc2-c2ccccc21. The van der Waals surface area contributed by atoms with Crippen LogP contribution < -0.4 is 16.0 Å². The standard InChI is InChI=1S/C46H47N3O6/c1-45(2,3)55-42(51)28-17-29-47-43(52)40(48-44(53)54-31-39-37-26-15-13-24-35(37)36-25-14-16-27-38(36)39)30-41(50)49-46(32-18-7-4-8-19-32,33-20-9-5-10-21-33)34-22-11-6-12-23-34/h4-16,18-27,39-40H,17,28-31H2,1-3H3,(H,47,52)(H,48,53)(H,49,50)/t40-/m0/s1. The summed E-state index contributed by atoms with van der Waals surface area (Å²) in [5, 5.41) is 8.74. The number of carbonyl (C=O) groups is 4. The van der Waals surface area contributed by atoms with Gasteiger partial charge in [0.25, 0.3) is 0 Å². The van der Waals surface area contributed by atoms with E-state index in [2.05, 4.69) is 28.1 Å². The van der Waals surface area contributed by atoms with E-state index in [9.17, 15) is 19.2 Å². The fourth-order valence-electron chi connectivity index (χ4n) is 7.18. The Balaban J connectivity index is 1.22. The fourth-order valence-corrected chi connectivity index (χ4v) is 7.18. The summed E-state index contributed by atoms with van der Waals surface area (Å²) in [5.74, 6) is -1.64. The lowest BCUT2D eigenvalue weighted by Gasteiger charge is -2.37. The van der Waals surface area contributed by atoms with E-state index in [-0.39, 0.29) is 31.5 Å². The van der Waals surface area contributed by atoms with Crippen LogP contribution in [0.4, 0.5) is 4.79 Å². The minimum Gasteiger partial charge on any atom is -0.460 e. The smallest absolute Gasteiger partial charge is 0.407 e. The first kappa shape index (κ1) is 38.5. The van der Waals surface area contributed by atoms with Crippen molar-refractivity contribution in [1.82, 2.24) is 16.0 Å². The Hall–Kier alpha value is -6.22. The quantitative estimate of drug-likeness (QED) is 0.0612. The summed E-state index contributed by atoms with van der Waals surface area (Å²) in [4.78, 5) is 53.9. The van der Waals surface area contributed by atoms with E-state index < -0.39 is 41.5 Å². The molecule has 282 valence electrons. The first-order valence-electron chi connectivity index (χ1n) is 18.6. The van der Waals surface area contributed by atoms with Crippen LogP contribution in [0.25, 0.3) is 11.1 Å². The van der Waals surface area contributed by atoms with Crippen LogP contribution in [0.15, 0.2) is 140 Å². The molecule has 6 rings (SSSR count). The topological polar surface area (TPSA) is 123 Å². The Morgan fingerprint density at radius 2 is 1.13 bits per heavy atom. The maximum atomic E-state index is 14.3. The second kappa shape index (κ2) is 17.3. The monoisotopic (exact) mass is 737 g/mol. The maximum absolute atomic E-state index is 14.3. The molecule has 9 heteroatoms. The van der Waals surface area contributed by atoms with Gasteiger partial charge < -0.3 is 25.4 Å². The summed E-state index contributed by atoms with van der Waals surface area (Å²) in [6.07, 6.45) is -0.819. The van der Waals surface area contributed by atoms with Crippen molar-refractivity contribution < 1.29 is 28.7 Å². The molecule has 0 fully saturated rings. The van der Waals surface area contributed by atoms with Crippen LogP contribution in [0.5, 0.6) is 0 Å². The molecule has 3 N–H and O–H groups in total. The zero-order chi connectivity index (χ0) is 38.8. The van der Waals surface area contributed by atoms with Gasteiger partial charge in [-0.15, -0.1) is 0 Å². The Morgan fingerprint density at radius 3 is 1.62 bits per heavy atom. The van der Waals surface area contributed by atoms with Gasteiger partial charge in [0.2, 0.25) is 11.8 Å². The van der Waals surface area contributed by atoms with Gasteiger partial charge in [-0.25, -0.2) is 4.79 Å². The van der Waals surface area contributed by atoms with Gasteiger partial charge >= 0.3 is 12.1 Å². The molecule has 0 radical (unpaired) electrons.